The van der Waals surface area contributed by atoms with E-state index in [1.807, 2.05) is 0 Å². The fourth-order valence-corrected chi connectivity index (χ4v) is 4.28. The van der Waals surface area contributed by atoms with Gasteiger partial charge in [-0.05, 0) is 49.2 Å². The molecule has 0 saturated heterocycles. The van der Waals surface area contributed by atoms with E-state index in [4.69, 9.17) is 16.3 Å². The van der Waals surface area contributed by atoms with Crippen LogP contribution in [0.4, 0.5) is 5.69 Å². The lowest BCUT2D eigenvalue weighted by molar-refractivity contribution is 0.0600. The van der Waals surface area contributed by atoms with Gasteiger partial charge in [0.2, 0.25) is 10.0 Å². The Morgan fingerprint density at radius 1 is 1.10 bits per heavy atom. The van der Waals surface area contributed by atoms with Gasteiger partial charge >= 0.3 is 5.97 Å². The maximum absolute atomic E-state index is 12.6. The number of nitrogens with one attached hydrogen (secondary N) is 2. The number of hydrogen-bond donors (Lipinski definition) is 2. The van der Waals surface area contributed by atoms with Crippen molar-refractivity contribution >= 4 is 39.2 Å². The van der Waals surface area contributed by atoms with Crippen molar-refractivity contribution in [1.29, 1.82) is 0 Å². The first kappa shape index (κ1) is 21.1. The van der Waals surface area contributed by atoms with Crippen LogP contribution in [-0.2, 0) is 14.8 Å². The van der Waals surface area contributed by atoms with Crippen molar-refractivity contribution in [2.24, 2.45) is 0 Å². The first-order valence-electron chi connectivity index (χ1n) is 8.64. The molecule has 1 aliphatic rings. The predicted octanol–water partition coefficient (Wildman–Crippen LogP) is 2.83. The molecule has 2 aromatic rings. The van der Waals surface area contributed by atoms with E-state index in [1.54, 1.807) is 0 Å². The van der Waals surface area contributed by atoms with Gasteiger partial charge in [0.1, 0.15) is 10.6 Å². The minimum atomic E-state index is -3.83. The fourth-order valence-electron chi connectivity index (χ4n) is 2.58. The Morgan fingerprint density at radius 2 is 1.83 bits per heavy atom. The van der Waals surface area contributed by atoms with Crippen LogP contribution in [-0.4, -0.2) is 40.6 Å². The number of ether oxygens (including phenoxy) is 2. The molecule has 29 heavy (non-hydrogen) atoms. The fraction of sp³-hybridized carbons (Fsp3) is 0.263. The molecule has 0 atom stereocenters. The zero-order valence-corrected chi connectivity index (χ0v) is 17.3. The van der Waals surface area contributed by atoms with Crippen molar-refractivity contribution in [1.82, 2.24) is 4.72 Å². The Kier molecular flexibility index (Phi) is 6.11. The van der Waals surface area contributed by atoms with Crippen molar-refractivity contribution < 1.29 is 27.5 Å². The first-order chi connectivity index (χ1) is 13.7. The molecule has 0 aromatic heterocycles. The Labute approximate surface area is 173 Å². The monoisotopic (exact) mass is 438 g/mol. The number of methoxy groups -OCH3 is 2. The smallest absolute Gasteiger partial charge is 0.339 e. The molecule has 0 heterocycles. The molecule has 2 N–H and O–H groups in total. The summed E-state index contributed by atoms with van der Waals surface area (Å²) < 4.78 is 37.5. The van der Waals surface area contributed by atoms with Crippen LogP contribution in [0.15, 0.2) is 41.3 Å². The molecule has 8 nitrogen and oxygen atoms in total. The van der Waals surface area contributed by atoms with E-state index in [-0.39, 0.29) is 32.8 Å². The molecule has 154 valence electrons. The number of benzene rings is 2. The molecule has 1 aliphatic carbocycles. The van der Waals surface area contributed by atoms with E-state index in [0.29, 0.717) is 5.69 Å². The number of carbonyl (C=O) groups is 2. The van der Waals surface area contributed by atoms with E-state index in [1.165, 1.54) is 50.6 Å². The average molecular weight is 439 g/mol. The Bertz CT molecular complexity index is 1070. The molecule has 0 radical (unpaired) electrons. The van der Waals surface area contributed by atoms with E-state index in [9.17, 15) is 18.0 Å². The van der Waals surface area contributed by atoms with Crippen molar-refractivity contribution in [2.75, 3.05) is 19.5 Å². The summed E-state index contributed by atoms with van der Waals surface area (Å²) in [4.78, 5) is 24.3. The third-order valence-corrected chi connectivity index (χ3v) is 6.12. The zero-order valence-electron chi connectivity index (χ0n) is 15.7. The highest BCUT2D eigenvalue weighted by molar-refractivity contribution is 7.89. The van der Waals surface area contributed by atoms with Crippen LogP contribution >= 0.6 is 11.6 Å². The third-order valence-electron chi connectivity index (χ3n) is 4.24. The van der Waals surface area contributed by atoms with Crippen molar-refractivity contribution in [3.05, 3.63) is 52.5 Å². The molecular weight excluding hydrogens is 420 g/mol. The predicted molar refractivity (Wildman–Crippen MR) is 107 cm³/mol. The summed E-state index contributed by atoms with van der Waals surface area (Å²) in [6.45, 7) is 0. The van der Waals surface area contributed by atoms with Gasteiger partial charge < -0.3 is 14.8 Å². The summed E-state index contributed by atoms with van der Waals surface area (Å²) in [5.41, 5.74) is 0.506. The van der Waals surface area contributed by atoms with Crippen molar-refractivity contribution in [3.8, 4) is 5.75 Å². The zero-order chi connectivity index (χ0) is 21.2. The highest BCUT2D eigenvalue weighted by Crippen LogP contribution is 2.29. The molecule has 3 rings (SSSR count). The lowest BCUT2D eigenvalue weighted by Crippen LogP contribution is -2.26. The normalized spacial score (nSPS) is 13.6. The van der Waals surface area contributed by atoms with E-state index in [2.05, 4.69) is 14.8 Å². The van der Waals surface area contributed by atoms with Gasteiger partial charge in [-0.25, -0.2) is 17.9 Å². The summed E-state index contributed by atoms with van der Waals surface area (Å²) in [5, 5.41) is 2.79. The Balaban J connectivity index is 1.88. The molecule has 10 heteroatoms. The van der Waals surface area contributed by atoms with Gasteiger partial charge in [-0.15, -0.1) is 0 Å². The van der Waals surface area contributed by atoms with Gasteiger partial charge in [-0.3, -0.25) is 4.79 Å². The molecule has 0 bridgehead atoms. The largest absolute Gasteiger partial charge is 0.495 e. The lowest BCUT2D eigenvalue weighted by atomic mass is 10.1. The first-order valence-corrected chi connectivity index (χ1v) is 10.5. The van der Waals surface area contributed by atoms with E-state index < -0.39 is 21.9 Å². The Morgan fingerprint density at radius 3 is 2.45 bits per heavy atom. The molecular formula is C19H19ClN2O6S. The van der Waals surface area contributed by atoms with Crippen molar-refractivity contribution in [3.63, 3.8) is 0 Å². The maximum Gasteiger partial charge on any atom is 0.339 e. The van der Waals surface area contributed by atoms with E-state index in [0.717, 1.165) is 12.8 Å². The summed E-state index contributed by atoms with van der Waals surface area (Å²) in [6, 6.07) is 8.36. The second-order valence-corrected chi connectivity index (χ2v) is 8.49. The SMILES string of the molecule is COC(=O)c1cc(NC(=O)c2ccc(OC)c(S(=O)(=O)NC3CC3)c2)ccc1Cl. The standard InChI is InChI=1S/C19H19ClN2O6S/c1-27-16-8-3-11(9-17(16)29(25,26)22-12-4-5-12)18(23)21-13-6-7-15(20)14(10-13)19(24)28-2/h3,6-10,12,22H,4-5H2,1-2H3,(H,21,23). The molecule has 1 fully saturated rings. The maximum atomic E-state index is 12.6. The lowest BCUT2D eigenvalue weighted by Gasteiger charge is -2.13. The second-order valence-electron chi connectivity index (χ2n) is 6.40. The summed E-state index contributed by atoms with van der Waals surface area (Å²) in [6.07, 6.45) is 1.56. The minimum Gasteiger partial charge on any atom is -0.495 e. The van der Waals surface area contributed by atoms with Crippen molar-refractivity contribution in [2.45, 2.75) is 23.8 Å². The topological polar surface area (TPSA) is 111 Å². The van der Waals surface area contributed by atoms with Gasteiger partial charge in [0.25, 0.3) is 5.91 Å². The Hall–Kier alpha value is -2.62. The number of rotatable bonds is 7. The minimum absolute atomic E-state index is 0.0898. The number of amides is 1. The number of esters is 1. The highest BCUT2D eigenvalue weighted by atomic mass is 35.5. The van der Waals surface area contributed by atoms with Gasteiger partial charge in [-0.1, -0.05) is 11.6 Å². The van der Waals surface area contributed by atoms with Gasteiger partial charge in [0.05, 0.1) is 24.8 Å². The van der Waals surface area contributed by atoms with Crippen LogP contribution in [0.5, 0.6) is 5.75 Å². The number of hydrogen-bond acceptors (Lipinski definition) is 6. The molecule has 1 saturated carbocycles. The second kappa shape index (κ2) is 8.40. The molecule has 0 unspecified atom stereocenters. The quantitative estimate of drug-likeness (QED) is 0.643. The third kappa shape index (κ3) is 4.87. The van der Waals surface area contributed by atoms with E-state index >= 15 is 0 Å². The molecule has 2 aromatic carbocycles. The van der Waals surface area contributed by atoms with Gasteiger partial charge in [0.15, 0.2) is 0 Å². The summed E-state index contributed by atoms with van der Waals surface area (Å²) in [5.74, 6) is -1.07. The number of sulfonamides is 1. The van der Waals surface area contributed by atoms with Crippen LogP contribution in [0.2, 0.25) is 5.02 Å². The molecule has 0 spiro atoms. The average Bonchev–Trinajstić information content (AvgIpc) is 3.51. The van der Waals surface area contributed by atoms with Gasteiger partial charge in [0, 0.05) is 17.3 Å². The summed E-state index contributed by atoms with van der Waals surface area (Å²) in [7, 11) is -1.25. The van der Waals surface area contributed by atoms with Gasteiger partial charge in [-0.2, -0.15) is 0 Å². The van der Waals surface area contributed by atoms with Crippen LogP contribution in [0, 0.1) is 0 Å². The molecule has 1 amide bonds. The number of anilines is 1. The van der Waals surface area contributed by atoms with Crippen LogP contribution in [0.25, 0.3) is 0 Å². The number of halogens is 1. The van der Waals surface area contributed by atoms with Crippen LogP contribution in [0.3, 0.4) is 0 Å². The highest BCUT2D eigenvalue weighted by Gasteiger charge is 2.30. The molecule has 0 aliphatic heterocycles. The van der Waals surface area contributed by atoms with Crippen LogP contribution < -0.4 is 14.8 Å². The van der Waals surface area contributed by atoms with Crippen LogP contribution in [0.1, 0.15) is 33.6 Å². The number of carbonyl (C=O) groups excluding carboxylic acids is 2. The summed E-state index contributed by atoms with van der Waals surface area (Å²) >= 11 is 5.97.